The highest BCUT2D eigenvalue weighted by molar-refractivity contribution is 5.80. The van der Waals surface area contributed by atoms with Crippen LogP contribution in [0, 0.1) is 0 Å². The maximum Gasteiger partial charge on any atom is 0.194 e. The molecule has 0 saturated carbocycles. The summed E-state index contributed by atoms with van der Waals surface area (Å²) in [7, 11) is 0. The zero-order chi connectivity index (χ0) is 20.6. The van der Waals surface area contributed by atoms with E-state index in [9.17, 15) is 0 Å². The Kier molecular flexibility index (Phi) is 7.81. The number of nitrogens with zero attached hydrogens (tertiary/aromatic N) is 4. The number of aromatic nitrogens is 1. The molecule has 4 rings (SSSR count). The first-order valence-electron chi connectivity index (χ1n) is 11.8. The zero-order valence-corrected chi connectivity index (χ0v) is 18.4. The maximum absolute atomic E-state index is 6.00. The number of rotatable bonds is 5. The van der Waals surface area contributed by atoms with Crippen molar-refractivity contribution in [3.8, 4) is 0 Å². The van der Waals surface area contributed by atoms with E-state index >= 15 is 0 Å². The number of hydrogen-bond donors (Lipinski definition) is 1. The lowest BCUT2D eigenvalue weighted by molar-refractivity contribution is -0.0817. The summed E-state index contributed by atoms with van der Waals surface area (Å²) in [5, 5.41) is 3.45. The van der Waals surface area contributed by atoms with Gasteiger partial charge in [0.15, 0.2) is 5.96 Å². The third-order valence-corrected chi connectivity index (χ3v) is 6.26. The standard InChI is InChI=1S/C23H37N5O2/c1-2-24-23(28-13-15-30-21(18-28)20-8-7-14-29-20)26-17-19-9-10-22(25-16-19)27-11-5-3-4-6-12-27/h9-10,16,20-21H,2-8,11-15,17-18H2,1H3,(H,24,26). The van der Waals surface area contributed by atoms with Gasteiger partial charge in [-0.1, -0.05) is 18.9 Å². The minimum absolute atomic E-state index is 0.139. The summed E-state index contributed by atoms with van der Waals surface area (Å²) in [5.41, 5.74) is 1.15. The fourth-order valence-electron chi connectivity index (χ4n) is 4.58. The number of pyridine rings is 1. The number of hydrogen-bond acceptors (Lipinski definition) is 5. The molecule has 166 valence electrons. The Labute approximate surface area is 180 Å². The molecule has 0 radical (unpaired) electrons. The predicted octanol–water partition coefficient (Wildman–Crippen LogP) is 2.81. The van der Waals surface area contributed by atoms with E-state index in [-0.39, 0.29) is 12.2 Å². The lowest BCUT2D eigenvalue weighted by atomic mass is 10.1. The highest BCUT2D eigenvalue weighted by atomic mass is 16.5. The Morgan fingerprint density at radius 1 is 1.07 bits per heavy atom. The monoisotopic (exact) mass is 415 g/mol. The van der Waals surface area contributed by atoms with Crippen LogP contribution in [0.1, 0.15) is 51.0 Å². The Balaban J connectivity index is 1.37. The second-order valence-corrected chi connectivity index (χ2v) is 8.50. The number of ether oxygens (including phenoxy) is 2. The first kappa shape index (κ1) is 21.4. The van der Waals surface area contributed by atoms with E-state index in [0.717, 1.165) is 76.1 Å². The lowest BCUT2D eigenvalue weighted by Gasteiger charge is -2.37. The molecular weight excluding hydrogens is 378 g/mol. The third-order valence-electron chi connectivity index (χ3n) is 6.26. The quantitative estimate of drug-likeness (QED) is 0.589. The fourth-order valence-corrected chi connectivity index (χ4v) is 4.58. The van der Waals surface area contributed by atoms with E-state index in [2.05, 4.69) is 34.2 Å². The summed E-state index contributed by atoms with van der Waals surface area (Å²) >= 11 is 0. The van der Waals surface area contributed by atoms with E-state index in [1.54, 1.807) is 0 Å². The number of nitrogens with one attached hydrogen (secondary N) is 1. The van der Waals surface area contributed by atoms with Crippen molar-refractivity contribution < 1.29 is 9.47 Å². The second-order valence-electron chi connectivity index (χ2n) is 8.50. The van der Waals surface area contributed by atoms with E-state index in [0.29, 0.717) is 6.54 Å². The molecule has 7 nitrogen and oxygen atoms in total. The molecule has 0 spiro atoms. The van der Waals surface area contributed by atoms with Crippen LogP contribution in [0.3, 0.4) is 0 Å². The van der Waals surface area contributed by atoms with Gasteiger partial charge in [-0.3, -0.25) is 0 Å². The Morgan fingerprint density at radius 3 is 2.60 bits per heavy atom. The molecule has 1 N–H and O–H groups in total. The van der Waals surface area contributed by atoms with Crippen molar-refractivity contribution in [3.05, 3.63) is 23.9 Å². The highest BCUT2D eigenvalue weighted by Gasteiger charge is 2.32. The van der Waals surface area contributed by atoms with Crippen LogP contribution in [0.15, 0.2) is 23.3 Å². The molecule has 1 aromatic heterocycles. The van der Waals surface area contributed by atoms with Gasteiger partial charge in [0.2, 0.25) is 0 Å². The summed E-state index contributed by atoms with van der Waals surface area (Å²) in [6.45, 7) is 9.13. The third kappa shape index (κ3) is 5.64. The van der Waals surface area contributed by atoms with Crippen LogP contribution < -0.4 is 10.2 Å². The van der Waals surface area contributed by atoms with Crippen molar-refractivity contribution in [1.82, 2.24) is 15.2 Å². The Bertz CT molecular complexity index is 667. The largest absolute Gasteiger partial charge is 0.375 e. The van der Waals surface area contributed by atoms with Crippen LogP contribution in [-0.2, 0) is 16.0 Å². The summed E-state index contributed by atoms with van der Waals surface area (Å²) in [5.74, 6) is 2.06. The van der Waals surface area contributed by atoms with Crippen molar-refractivity contribution in [2.75, 3.05) is 50.8 Å². The molecular formula is C23H37N5O2. The van der Waals surface area contributed by atoms with Gasteiger partial charge in [-0.15, -0.1) is 0 Å². The van der Waals surface area contributed by atoms with Crippen LogP contribution in [0.25, 0.3) is 0 Å². The fraction of sp³-hybridized carbons (Fsp3) is 0.739. The maximum atomic E-state index is 6.00. The Hall–Kier alpha value is -1.86. The summed E-state index contributed by atoms with van der Waals surface area (Å²) in [4.78, 5) is 14.4. The van der Waals surface area contributed by atoms with Crippen molar-refractivity contribution in [2.24, 2.45) is 4.99 Å². The SMILES string of the molecule is CCNC(=NCc1ccc(N2CCCCCC2)nc1)N1CCOC(C2CCCO2)C1. The first-order chi connectivity index (χ1) is 14.8. The molecule has 1 aromatic rings. The minimum atomic E-state index is 0.139. The van der Waals surface area contributed by atoms with Gasteiger partial charge in [0.05, 0.1) is 19.3 Å². The minimum Gasteiger partial charge on any atom is -0.375 e. The van der Waals surface area contributed by atoms with E-state index < -0.39 is 0 Å². The summed E-state index contributed by atoms with van der Waals surface area (Å²) in [6.07, 6.45) is 9.81. The summed E-state index contributed by atoms with van der Waals surface area (Å²) < 4.78 is 11.9. The van der Waals surface area contributed by atoms with Crippen molar-refractivity contribution >= 4 is 11.8 Å². The first-order valence-corrected chi connectivity index (χ1v) is 11.8. The Morgan fingerprint density at radius 2 is 1.90 bits per heavy atom. The zero-order valence-electron chi connectivity index (χ0n) is 18.4. The van der Waals surface area contributed by atoms with Crippen LogP contribution >= 0.6 is 0 Å². The molecule has 2 atom stereocenters. The molecule has 0 aromatic carbocycles. The van der Waals surface area contributed by atoms with E-state index in [1.807, 2.05) is 6.20 Å². The van der Waals surface area contributed by atoms with Crippen LogP contribution in [0.2, 0.25) is 0 Å². The molecule has 0 aliphatic carbocycles. The number of anilines is 1. The van der Waals surface area contributed by atoms with Gasteiger partial charge in [0.25, 0.3) is 0 Å². The lowest BCUT2D eigenvalue weighted by Crippen LogP contribution is -2.53. The molecule has 4 heterocycles. The number of aliphatic imine (C=N–C) groups is 1. The van der Waals surface area contributed by atoms with Gasteiger partial charge in [0, 0.05) is 45.5 Å². The van der Waals surface area contributed by atoms with Gasteiger partial charge in [0.1, 0.15) is 11.9 Å². The van der Waals surface area contributed by atoms with Gasteiger partial charge >= 0.3 is 0 Å². The van der Waals surface area contributed by atoms with Crippen LogP contribution in [0.5, 0.6) is 0 Å². The average Bonchev–Trinajstić information content (AvgIpc) is 3.20. The van der Waals surface area contributed by atoms with Crippen molar-refractivity contribution in [2.45, 2.75) is 64.2 Å². The van der Waals surface area contributed by atoms with E-state index in [1.165, 1.54) is 25.7 Å². The van der Waals surface area contributed by atoms with Gasteiger partial charge < -0.3 is 24.6 Å². The van der Waals surface area contributed by atoms with Crippen molar-refractivity contribution in [1.29, 1.82) is 0 Å². The highest BCUT2D eigenvalue weighted by Crippen LogP contribution is 2.21. The second kappa shape index (κ2) is 11.0. The molecule has 0 bridgehead atoms. The number of guanidine groups is 1. The normalized spacial score (nSPS) is 26.0. The smallest absolute Gasteiger partial charge is 0.194 e. The topological polar surface area (TPSA) is 62.2 Å². The van der Waals surface area contributed by atoms with Gasteiger partial charge in [-0.25, -0.2) is 9.98 Å². The van der Waals surface area contributed by atoms with E-state index in [4.69, 9.17) is 19.5 Å². The molecule has 3 aliphatic rings. The molecule has 2 unspecified atom stereocenters. The van der Waals surface area contributed by atoms with Gasteiger partial charge in [-0.05, 0) is 44.2 Å². The van der Waals surface area contributed by atoms with Crippen LogP contribution in [0.4, 0.5) is 5.82 Å². The van der Waals surface area contributed by atoms with Crippen molar-refractivity contribution in [3.63, 3.8) is 0 Å². The molecule has 30 heavy (non-hydrogen) atoms. The number of morpholine rings is 1. The average molecular weight is 416 g/mol. The molecule has 0 amide bonds. The van der Waals surface area contributed by atoms with Crippen LogP contribution in [-0.4, -0.2) is 74.0 Å². The molecule has 7 heteroatoms. The molecule has 3 saturated heterocycles. The molecule has 3 aliphatic heterocycles. The summed E-state index contributed by atoms with van der Waals surface area (Å²) in [6, 6.07) is 4.33. The predicted molar refractivity (Wildman–Crippen MR) is 120 cm³/mol. The van der Waals surface area contributed by atoms with Gasteiger partial charge in [-0.2, -0.15) is 0 Å². The molecule has 3 fully saturated rings.